The van der Waals surface area contributed by atoms with Gasteiger partial charge in [-0.1, -0.05) is 38.1 Å². The topological polar surface area (TPSA) is 103 Å². The minimum atomic E-state index is -0.816. The molecule has 11 heteroatoms. The molecule has 1 unspecified atom stereocenters. The number of halogens is 1. The summed E-state index contributed by atoms with van der Waals surface area (Å²) in [5, 5.41) is -0.0694. The second-order valence-corrected chi connectivity index (χ2v) is 11.0. The zero-order valence-corrected chi connectivity index (χ0v) is 27.3. The van der Waals surface area contributed by atoms with Crippen LogP contribution in [0.3, 0.4) is 0 Å². The number of benzene rings is 3. The molecule has 0 bridgehead atoms. The van der Waals surface area contributed by atoms with Crippen LogP contribution >= 0.6 is 0 Å². The van der Waals surface area contributed by atoms with Crippen LogP contribution in [0.2, 0.25) is 0 Å². The summed E-state index contributed by atoms with van der Waals surface area (Å²) >= 11 is 0. The molecule has 3 heterocycles. The van der Waals surface area contributed by atoms with E-state index >= 15 is 4.39 Å². The zero-order chi connectivity index (χ0) is 33.8. The standard InChI is InChI=1S/C34H32FN3O7.C2H6/c1-20-8-13-26(25(35)16-20)38-32-31(33(40)37(34(38)41)18-22-9-11-23(42-4)12-10-22)29(17-30(39)36(32)3)45-28-7-5-6-27(21(28)2)44-24-14-15-43-19-24;1-2/h5-13,16-17,24H,14-15,18-19H2,1-4H3;1-2H3. The first-order valence-corrected chi connectivity index (χ1v) is 15.5. The monoisotopic (exact) mass is 643 g/mol. The van der Waals surface area contributed by atoms with Gasteiger partial charge in [-0.15, -0.1) is 0 Å². The molecule has 6 rings (SSSR count). The molecule has 0 amide bonds. The number of hydrogen-bond acceptors (Lipinski definition) is 7. The molecule has 10 nitrogen and oxygen atoms in total. The third-order valence-electron chi connectivity index (χ3n) is 7.95. The lowest BCUT2D eigenvalue weighted by atomic mass is 10.2. The summed E-state index contributed by atoms with van der Waals surface area (Å²) in [6, 6.07) is 17.7. The lowest BCUT2D eigenvalue weighted by Crippen LogP contribution is -2.42. The van der Waals surface area contributed by atoms with Crippen molar-refractivity contribution in [1.29, 1.82) is 0 Å². The van der Waals surface area contributed by atoms with Gasteiger partial charge in [0.2, 0.25) is 0 Å². The first kappa shape index (κ1) is 33.2. The normalized spacial score (nSPS) is 14.1. The zero-order valence-electron chi connectivity index (χ0n) is 27.3. The fraction of sp³-hybridized carbons (Fsp3) is 0.306. The molecule has 2 aromatic heterocycles. The first-order chi connectivity index (χ1) is 22.7. The Hall–Kier alpha value is -5.16. The maximum absolute atomic E-state index is 15.5. The van der Waals surface area contributed by atoms with Gasteiger partial charge in [0.1, 0.15) is 46.0 Å². The molecule has 0 spiro atoms. The van der Waals surface area contributed by atoms with E-state index in [9.17, 15) is 14.4 Å². The van der Waals surface area contributed by atoms with E-state index in [0.29, 0.717) is 47.2 Å². The molecule has 1 saturated heterocycles. The summed E-state index contributed by atoms with van der Waals surface area (Å²) in [6.07, 6.45) is 0.651. The lowest BCUT2D eigenvalue weighted by molar-refractivity contribution is 0.140. The first-order valence-electron chi connectivity index (χ1n) is 15.5. The molecule has 1 aliphatic rings. The number of ether oxygens (including phenoxy) is 4. The van der Waals surface area contributed by atoms with E-state index in [1.165, 1.54) is 32.4 Å². The van der Waals surface area contributed by atoms with Crippen molar-refractivity contribution in [3.8, 4) is 28.7 Å². The Kier molecular flexibility index (Phi) is 9.95. The number of aromatic nitrogens is 3. The molecular formula is C36H38FN3O7. The molecular weight excluding hydrogens is 605 g/mol. The molecule has 1 fully saturated rings. The van der Waals surface area contributed by atoms with Gasteiger partial charge in [0.05, 0.1) is 32.6 Å². The molecule has 3 aromatic carbocycles. The summed E-state index contributed by atoms with van der Waals surface area (Å²) in [7, 11) is 2.96. The third kappa shape index (κ3) is 6.57. The van der Waals surface area contributed by atoms with E-state index in [1.807, 2.05) is 26.8 Å². The number of methoxy groups -OCH3 is 1. The Balaban J connectivity index is 0.00000213. The average Bonchev–Trinajstić information content (AvgIpc) is 3.58. The van der Waals surface area contributed by atoms with Crippen molar-refractivity contribution < 1.29 is 23.3 Å². The van der Waals surface area contributed by atoms with Crippen LogP contribution in [0.15, 0.2) is 81.1 Å². The molecule has 0 saturated carbocycles. The van der Waals surface area contributed by atoms with Crippen LogP contribution in [0.4, 0.5) is 4.39 Å². The number of aryl methyl sites for hydroxylation is 2. The van der Waals surface area contributed by atoms with Crippen molar-refractivity contribution in [2.24, 2.45) is 7.05 Å². The minimum Gasteiger partial charge on any atom is -0.497 e. The van der Waals surface area contributed by atoms with Crippen LogP contribution < -0.4 is 31.0 Å². The molecule has 0 aliphatic carbocycles. The van der Waals surface area contributed by atoms with Crippen LogP contribution in [0.5, 0.6) is 23.0 Å². The third-order valence-corrected chi connectivity index (χ3v) is 7.95. The minimum absolute atomic E-state index is 0.0694. The number of hydrogen-bond donors (Lipinski definition) is 0. The summed E-state index contributed by atoms with van der Waals surface area (Å²) < 4.78 is 41.8. The van der Waals surface area contributed by atoms with Gasteiger partial charge in [0.25, 0.3) is 11.1 Å². The van der Waals surface area contributed by atoms with E-state index in [1.54, 1.807) is 49.4 Å². The summed E-state index contributed by atoms with van der Waals surface area (Å²) in [5.74, 6) is 0.764. The van der Waals surface area contributed by atoms with E-state index in [2.05, 4.69) is 0 Å². The number of rotatable bonds is 8. The van der Waals surface area contributed by atoms with Gasteiger partial charge in [-0.3, -0.25) is 18.7 Å². The van der Waals surface area contributed by atoms with E-state index in [4.69, 9.17) is 18.9 Å². The Morgan fingerprint density at radius 1 is 0.936 bits per heavy atom. The van der Waals surface area contributed by atoms with Gasteiger partial charge in [0.15, 0.2) is 0 Å². The molecule has 1 atom stereocenters. The smallest absolute Gasteiger partial charge is 0.337 e. The van der Waals surface area contributed by atoms with Crippen LogP contribution in [-0.2, 0) is 18.3 Å². The van der Waals surface area contributed by atoms with Crippen molar-refractivity contribution >= 4 is 11.0 Å². The molecule has 0 radical (unpaired) electrons. The van der Waals surface area contributed by atoms with Gasteiger partial charge < -0.3 is 18.9 Å². The highest BCUT2D eigenvalue weighted by atomic mass is 19.1. The SMILES string of the molecule is CC.COc1ccc(Cn2c(=O)c3c(Oc4cccc(OC5CCOC5)c4C)cc(=O)n(C)c3n(-c3ccc(C)cc3F)c2=O)cc1. The quantitative estimate of drug-likeness (QED) is 0.215. The Morgan fingerprint density at radius 2 is 1.66 bits per heavy atom. The maximum Gasteiger partial charge on any atom is 0.337 e. The fourth-order valence-corrected chi connectivity index (χ4v) is 5.44. The molecule has 0 N–H and O–H groups in total. The Labute approximate surface area is 271 Å². The largest absolute Gasteiger partial charge is 0.497 e. The molecule has 246 valence electrons. The highest BCUT2D eigenvalue weighted by Gasteiger charge is 2.25. The van der Waals surface area contributed by atoms with Crippen LogP contribution in [0.25, 0.3) is 16.7 Å². The van der Waals surface area contributed by atoms with Crippen LogP contribution in [-0.4, -0.2) is 40.1 Å². The predicted molar refractivity (Wildman–Crippen MR) is 178 cm³/mol. The van der Waals surface area contributed by atoms with Crippen molar-refractivity contribution in [2.45, 2.75) is 46.8 Å². The van der Waals surface area contributed by atoms with Crippen molar-refractivity contribution in [2.75, 3.05) is 20.3 Å². The molecule has 5 aromatic rings. The van der Waals surface area contributed by atoms with Gasteiger partial charge in [0, 0.05) is 25.1 Å². The van der Waals surface area contributed by atoms with E-state index < -0.39 is 22.6 Å². The van der Waals surface area contributed by atoms with E-state index in [0.717, 1.165) is 20.1 Å². The van der Waals surface area contributed by atoms with E-state index in [-0.39, 0.29) is 35.1 Å². The van der Waals surface area contributed by atoms with Crippen molar-refractivity contribution in [3.05, 3.63) is 120 Å². The highest BCUT2D eigenvalue weighted by Crippen LogP contribution is 2.34. The summed E-state index contributed by atoms with van der Waals surface area (Å²) in [5.41, 5.74) is -0.370. The Morgan fingerprint density at radius 3 is 2.32 bits per heavy atom. The van der Waals surface area contributed by atoms with Gasteiger partial charge in [-0.05, 0) is 61.4 Å². The number of pyridine rings is 1. The van der Waals surface area contributed by atoms with Crippen LogP contribution in [0.1, 0.15) is 37.0 Å². The summed E-state index contributed by atoms with van der Waals surface area (Å²) in [4.78, 5) is 41.7. The molecule has 1 aliphatic heterocycles. The van der Waals surface area contributed by atoms with Gasteiger partial charge in [-0.25, -0.2) is 13.8 Å². The Bertz CT molecular complexity index is 2090. The van der Waals surface area contributed by atoms with Gasteiger partial charge in [-0.2, -0.15) is 0 Å². The fourth-order valence-electron chi connectivity index (χ4n) is 5.44. The van der Waals surface area contributed by atoms with Crippen molar-refractivity contribution in [3.63, 3.8) is 0 Å². The number of fused-ring (bicyclic) bond motifs is 1. The molecule has 47 heavy (non-hydrogen) atoms. The van der Waals surface area contributed by atoms with Crippen molar-refractivity contribution in [1.82, 2.24) is 13.7 Å². The van der Waals surface area contributed by atoms with Gasteiger partial charge >= 0.3 is 5.69 Å². The predicted octanol–water partition coefficient (Wildman–Crippen LogP) is 5.65. The van der Waals surface area contributed by atoms with Crippen LogP contribution in [0, 0.1) is 19.7 Å². The average molecular weight is 644 g/mol. The lowest BCUT2D eigenvalue weighted by Gasteiger charge is -2.20. The number of nitrogens with zero attached hydrogens (tertiary/aromatic N) is 3. The second kappa shape index (κ2) is 14.1. The maximum atomic E-state index is 15.5. The summed E-state index contributed by atoms with van der Waals surface area (Å²) in [6.45, 7) is 8.50. The highest BCUT2D eigenvalue weighted by molar-refractivity contribution is 5.83. The second-order valence-electron chi connectivity index (χ2n) is 11.0.